The lowest BCUT2D eigenvalue weighted by molar-refractivity contribution is -0.384. The zero-order chi connectivity index (χ0) is 13.2. The molecule has 0 saturated carbocycles. The highest BCUT2D eigenvalue weighted by Crippen LogP contribution is 2.31. The van der Waals surface area contributed by atoms with Gasteiger partial charge in [0.2, 0.25) is 0 Å². The largest absolute Gasteiger partial charge is 0.480 e. The summed E-state index contributed by atoms with van der Waals surface area (Å²) in [7, 11) is 1.51. The van der Waals surface area contributed by atoms with E-state index in [-0.39, 0.29) is 11.4 Å². The zero-order valence-corrected chi connectivity index (χ0v) is 10.8. The van der Waals surface area contributed by atoms with Gasteiger partial charge in [-0.1, -0.05) is 15.9 Å². The van der Waals surface area contributed by atoms with Crippen LogP contribution in [0.4, 0.5) is 11.4 Å². The van der Waals surface area contributed by atoms with Crippen LogP contribution < -0.4 is 4.90 Å². The number of hydrogen-bond acceptors (Lipinski definition) is 4. The normalized spacial score (nSPS) is 11.9. The summed E-state index contributed by atoms with van der Waals surface area (Å²) in [6.07, 6.45) is 0. The second-order valence-electron chi connectivity index (χ2n) is 3.52. The molecule has 6 nitrogen and oxygen atoms in total. The fourth-order valence-electron chi connectivity index (χ4n) is 1.31. The molecule has 1 rings (SSSR count). The van der Waals surface area contributed by atoms with Crippen molar-refractivity contribution in [2.24, 2.45) is 0 Å². The van der Waals surface area contributed by atoms with E-state index in [4.69, 9.17) is 5.11 Å². The number of halogens is 1. The molecule has 7 heteroatoms. The maximum atomic E-state index is 10.9. The molecule has 17 heavy (non-hydrogen) atoms. The predicted octanol–water partition coefficient (Wildman–Crippen LogP) is 2.27. The molecule has 0 amide bonds. The summed E-state index contributed by atoms with van der Waals surface area (Å²) in [5.74, 6) is -1.04. The highest BCUT2D eigenvalue weighted by Gasteiger charge is 2.24. The summed E-state index contributed by atoms with van der Waals surface area (Å²) in [5.41, 5.74) is 0.142. The number of nitro groups is 1. The molecule has 0 heterocycles. The lowest BCUT2D eigenvalue weighted by Crippen LogP contribution is -2.36. The van der Waals surface area contributed by atoms with E-state index < -0.39 is 16.9 Å². The molecule has 92 valence electrons. The Balaban J connectivity index is 3.23. The summed E-state index contributed by atoms with van der Waals surface area (Å²) in [5, 5.41) is 19.7. The Morgan fingerprint density at radius 1 is 1.59 bits per heavy atom. The molecule has 1 N–H and O–H groups in total. The molecular formula is C10H11BrN2O4. The first kappa shape index (κ1) is 13.4. The monoisotopic (exact) mass is 302 g/mol. The molecule has 0 radical (unpaired) electrons. The highest BCUT2D eigenvalue weighted by atomic mass is 79.9. The van der Waals surface area contributed by atoms with Crippen molar-refractivity contribution in [3.63, 3.8) is 0 Å². The Morgan fingerprint density at radius 3 is 2.65 bits per heavy atom. The zero-order valence-electron chi connectivity index (χ0n) is 9.25. The Kier molecular flexibility index (Phi) is 4.06. The topological polar surface area (TPSA) is 83.7 Å². The van der Waals surface area contributed by atoms with Crippen LogP contribution in [0.2, 0.25) is 0 Å². The molecule has 0 aromatic heterocycles. The van der Waals surface area contributed by atoms with Crippen molar-refractivity contribution >= 4 is 33.3 Å². The van der Waals surface area contributed by atoms with Gasteiger partial charge >= 0.3 is 5.97 Å². The van der Waals surface area contributed by atoms with Crippen molar-refractivity contribution in [1.82, 2.24) is 0 Å². The standard InChI is InChI=1S/C10H11BrN2O4/c1-6(10(14)15)12(2)9-5-7(11)3-4-8(9)13(16)17/h3-6H,1-2H3,(H,14,15). The molecule has 0 aliphatic rings. The minimum Gasteiger partial charge on any atom is -0.480 e. The van der Waals surface area contributed by atoms with Crippen molar-refractivity contribution in [1.29, 1.82) is 0 Å². The SMILES string of the molecule is CC(C(=O)O)N(C)c1cc(Br)ccc1[N+](=O)[O-]. The van der Waals surface area contributed by atoms with E-state index in [9.17, 15) is 14.9 Å². The fraction of sp³-hybridized carbons (Fsp3) is 0.300. The minimum absolute atomic E-state index is 0.121. The number of benzene rings is 1. The Bertz CT molecular complexity index is 464. The van der Waals surface area contributed by atoms with Gasteiger partial charge in [0.1, 0.15) is 11.7 Å². The minimum atomic E-state index is -1.04. The van der Waals surface area contributed by atoms with Gasteiger partial charge in [-0.05, 0) is 19.1 Å². The van der Waals surface area contributed by atoms with Gasteiger partial charge in [-0.2, -0.15) is 0 Å². The van der Waals surface area contributed by atoms with E-state index in [0.717, 1.165) is 0 Å². The molecule has 1 aromatic carbocycles. The molecule has 1 unspecified atom stereocenters. The van der Waals surface area contributed by atoms with Gasteiger partial charge in [-0.3, -0.25) is 10.1 Å². The maximum Gasteiger partial charge on any atom is 0.326 e. The Hall–Kier alpha value is -1.63. The lowest BCUT2D eigenvalue weighted by Gasteiger charge is -2.23. The van der Waals surface area contributed by atoms with Crippen molar-refractivity contribution in [3.8, 4) is 0 Å². The number of nitro benzene ring substituents is 1. The number of likely N-dealkylation sites (N-methyl/N-ethyl adjacent to an activating group) is 1. The number of anilines is 1. The molecule has 0 bridgehead atoms. The average Bonchev–Trinajstić information content (AvgIpc) is 2.26. The number of aliphatic carboxylic acids is 1. The predicted molar refractivity (Wildman–Crippen MR) is 66.3 cm³/mol. The van der Waals surface area contributed by atoms with E-state index >= 15 is 0 Å². The van der Waals surface area contributed by atoms with Gasteiger partial charge in [-0.15, -0.1) is 0 Å². The first-order chi connectivity index (χ1) is 7.84. The number of rotatable bonds is 4. The Labute approximate surface area is 106 Å². The summed E-state index contributed by atoms with van der Waals surface area (Å²) in [4.78, 5) is 22.5. The third kappa shape index (κ3) is 2.94. The van der Waals surface area contributed by atoms with Gasteiger partial charge in [0.25, 0.3) is 5.69 Å². The molecule has 1 aromatic rings. The smallest absolute Gasteiger partial charge is 0.326 e. The quantitative estimate of drug-likeness (QED) is 0.681. The third-order valence-electron chi connectivity index (χ3n) is 2.45. The molecular weight excluding hydrogens is 292 g/mol. The lowest BCUT2D eigenvalue weighted by atomic mass is 10.2. The second kappa shape index (κ2) is 5.13. The van der Waals surface area contributed by atoms with Crippen molar-refractivity contribution in [3.05, 3.63) is 32.8 Å². The van der Waals surface area contributed by atoms with E-state index in [1.165, 1.54) is 31.0 Å². The van der Waals surface area contributed by atoms with Gasteiger partial charge < -0.3 is 10.0 Å². The van der Waals surface area contributed by atoms with Crippen molar-refractivity contribution in [2.45, 2.75) is 13.0 Å². The van der Waals surface area contributed by atoms with Crippen molar-refractivity contribution < 1.29 is 14.8 Å². The highest BCUT2D eigenvalue weighted by molar-refractivity contribution is 9.10. The van der Waals surface area contributed by atoms with Gasteiger partial charge in [0.05, 0.1) is 4.92 Å². The first-order valence-corrected chi connectivity index (χ1v) is 5.53. The second-order valence-corrected chi connectivity index (χ2v) is 4.43. The maximum absolute atomic E-state index is 10.9. The molecule has 0 aliphatic heterocycles. The summed E-state index contributed by atoms with van der Waals surface area (Å²) < 4.78 is 0.655. The average molecular weight is 303 g/mol. The van der Waals surface area contributed by atoms with Crippen molar-refractivity contribution in [2.75, 3.05) is 11.9 Å². The molecule has 0 spiro atoms. The molecule has 0 saturated heterocycles. The summed E-state index contributed by atoms with van der Waals surface area (Å²) in [6.45, 7) is 1.47. The van der Waals surface area contributed by atoms with E-state index in [2.05, 4.69) is 15.9 Å². The van der Waals surface area contributed by atoms with Crippen LogP contribution in [-0.2, 0) is 4.79 Å². The first-order valence-electron chi connectivity index (χ1n) is 4.74. The fourth-order valence-corrected chi connectivity index (χ4v) is 1.66. The summed E-state index contributed by atoms with van der Waals surface area (Å²) in [6, 6.07) is 3.56. The Morgan fingerprint density at radius 2 is 2.18 bits per heavy atom. The van der Waals surface area contributed by atoms with Gasteiger partial charge in [0, 0.05) is 17.6 Å². The van der Waals surface area contributed by atoms with E-state index in [1.807, 2.05) is 0 Å². The number of carboxylic acids is 1. The van der Waals surface area contributed by atoms with Crippen LogP contribution in [0.1, 0.15) is 6.92 Å². The molecule has 0 aliphatic carbocycles. The van der Waals surface area contributed by atoms with Crippen LogP contribution >= 0.6 is 15.9 Å². The summed E-state index contributed by atoms with van der Waals surface area (Å²) >= 11 is 3.20. The number of carboxylic acid groups (broad SMARTS) is 1. The van der Waals surface area contributed by atoms with Crippen LogP contribution in [0.3, 0.4) is 0 Å². The van der Waals surface area contributed by atoms with Crippen LogP contribution in [-0.4, -0.2) is 29.1 Å². The van der Waals surface area contributed by atoms with Gasteiger partial charge in [0.15, 0.2) is 0 Å². The van der Waals surface area contributed by atoms with Crippen LogP contribution in [0.15, 0.2) is 22.7 Å². The van der Waals surface area contributed by atoms with E-state index in [1.54, 1.807) is 6.07 Å². The number of nitrogens with zero attached hydrogens (tertiary/aromatic N) is 2. The number of carbonyl (C=O) groups is 1. The van der Waals surface area contributed by atoms with Crippen LogP contribution in [0, 0.1) is 10.1 Å². The van der Waals surface area contributed by atoms with Crippen LogP contribution in [0.5, 0.6) is 0 Å². The van der Waals surface area contributed by atoms with Gasteiger partial charge in [-0.25, -0.2) is 4.79 Å². The molecule has 0 fully saturated rings. The third-order valence-corrected chi connectivity index (χ3v) is 2.95. The molecule has 1 atom stereocenters. The van der Waals surface area contributed by atoms with E-state index in [0.29, 0.717) is 4.47 Å². The number of hydrogen-bond donors (Lipinski definition) is 1. The van der Waals surface area contributed by atoms with Crippen LogP contribution in [0.25, 0.3) is 0 Å².